The fourth-order valence-corrected chi connectivity index (χ4v) is 1.58. The maximum atomic E-state index is 11.2. The fraction of sp³-hybridized carbons (Fsp3) is 0.625. The topological polar surface area (TPSA) is 83.0 Å². The van der Waals surface area contributed by atoms with Crippen LogP contribution in [0.1, 0.15) is 30.6 Å². The zero-order valence-electron chi connectivity index (χ0n) is 8.40. The largest absolute Gasteiger partial charge is 0.492 e. The average Bonchev–Trinajstić information content (AvgIpc) is 2.43. The van der Waals surface area contributed by atoms with Crippen molar-refractivity contribution in [3.05, 3.63) is 11.5 Å². The number of nitrogens with one attached hydrogen (secondary N) is 1. The normalized spacial score (nSPS) is 14.2. The number of imidazole rings is 1. The third-order valence-electron chi connectivity index (χ3n) is 2.16. The summed E-state index contributed by atoms with van der Waals surface area (Å²) in [7, 11) is -3.17. The lowest BCUT2D eigenvalue weighted by atomic mass is 10.4. The molecule has 0 aromatic carbocycles. The fourth-order valence-electron chi connectivity index (χ4n) is 1.06. The minimum atomic E-state index is -3.17. The van der Waals surface area contributed by atoms with E-state index < -0.39 is 15.1 Å². The highest BCUT2D eigenvalue weighted by atomic mass is 32.2. The summed E-state index contributed by atoms with van der Waals surface area (Å²) in [6, 6.07) is 0. The van der Waals surface area contributed by atoms with Crippen molar-refractivity contribution in [2.75, 3.05) is 6.26 Å². The third-order valence-corrected chi connectivity index (χ3v) is 3.66. The molecule has 5 nitrogen and oxygen atoms in total. The molecule has 0 radical (unpaired) electrons. The number of aryl methyl sites for hydroxylation is 1. The Bertz CT molecular complexity index is 422. The van der Waals surface area contributed by atoms with Crippen molar-refractivity contribution in [2.45, 2.75) is 25.5 Å². The van der Waals surface area contributed by atoms with E-state index in [0.29, 0.717) is 17.9 Å². The number of aromatic nitrogens is 2. The van der Waals surface area contributed by atoms with E-state index in [1.54, 1.807) is 0 Å². The van der Waals surface area contributed by atoms with Crippen LogP contribution in [0.4, 0.5) is 0 Å². The van der Waals surface area contributed by atoms with Crippen LogP contribution in [0, 0.1) is 0 Å². The summed E-state index contributed by atoms with van der Waals surface area (Å²) in [6.45, 7) is 3.38. The predicted molar refractivity (Wildman–Crippen MR) is 52.9 cm³/mol. The molecule has 0 saturated carbocycles. The molecule has 1 atom stereocenters. The molecule has 0 spiro atoms. The molecule has 1 rings (SSSR count). The van der Waals surface area contributed by atoms with Gasteiger partial charge in [0, 0.05) is 6.26 Å². The molecule has 2 N–H and O–H groups in total. The summed E-state index contributed by atoms with van der Waals surface area (Å²) in [5, 5.41) is 8.59. The van der Waals surface area contributed by atoms with E-state index in [4.69, 9.17) is 0 Å². The van der Waals surface area contributed by atoms with E-state index in [1.165, 1.54) is 6.92 Å². The number of aromatic amines is 1. The molecule has 1 heterocycles. The molecule has 1 aromatic heterocycles. The van der Waals surface area contributed by atoms with Gasteiger partial charge in [-0.25, -0.2) is 8.42 Å². The first-order valence-electron chi connectivity index (χ1n) is 4.32. The van der Waals surface area contributed by atoms with Gasteiger partial charge in [0.2, 0.25) is 5.88 Å². The van der Waals surface area contributed by atoms with Gasteiger partial charge in [-0.3, -0.25) is 0 Å². The summed E-state index contributed by atoms with van der Waals surface area (Å²) in [5.74, 6) is 0.180. The standard InChI is InChI=1S/C8H14N2O3S/c1-4-6-8(11)10-7(9-6)5(2)14(3,12)13/h5,11H,4H2,1-3H3,(H,9,10). The maximum absolute atomic E-state index is 11.2. The van der Waals surface area contributed by atoms with Gasteiger partial charge in [0.05, 0.1) is 5.69 Å². The summed E-state index contributed by atoms with van der Waals surface area (Å²) in [5.41, 5.74) is 0.565. The second-order valence-corrected chi connectivity index (χ2v) is 5.62. The lowest BCUT2D eigenvalue weighted by Gasteiger charge is -2.04. The number of hydrogen-bond acceptors (Lipinski definition) is 4. The Morgan fingerprint density at radius 2 is 2.14 bits per heavy atom. The average molecular weight is 218 g/mol. The van der Waals surface area contributed by atoms with Gasteiger partial charge < -0.3 is 10.1 Å². The van der Waals surface area contributed by atoms with Crippen molar-refractivity contribution < 1.29 is 13.5 Å². The molecule has 1 unspecified atom stereocenters. The Balaban J connectivity index is 3.09. The van der Waals surface area contributed by atoms with Gasteiger partial charge in [-0.2, -0.15) is 4.98 Å². The molecule has 0 aliphatic heterocycles. The highest BCUT2D eigenvalue weighted by Gasteiger charge is 2.22. The molecule has 0 bridgehead atoms. The first-order chi connectivity index (χ1) is 6.36. The van der Waals surface area contributed by atoms with E-state index in [-0.39, 0.29) is 5.88 Å². The molecule has 0 aliphatic carbocycles. The molecule has 0 fully saturated rings. The van der Waals surface area contributed by atoms with Gasteiger partial charge in [-0.1, -0.05) is 6.92 Å². The van der Waals surface area contributed by atoms with E-state index in [2.05, 4.69) is 9.97 Å². The highest BCUT2D eigenvalue weighted by Crippen LogP contribution is 2.22. The van der Waals surface area contributed by atoms with Gasteiger partial charge in [-0.15, -0.1) is 0 Å². The number of rotatable bonds is 3. The van der Waals surface area contributed by atoms with Crippen molar-refractivity contribution in [1.82, 2.24) is 9.97 Å². The number of sulfone groups is 1. The van der Waals surface area contributed by atoms with E-state index in [1.807, 2.05) is 6.92 Å². The van der Waals surface area contributed by atoms with E-state index >= 15 is 0 Å². The quantitative estimate of drug-likeness (QED) is 0.785. The van der Waals surface area contributed by atoms with Crippen molar-refractivity contribution in [3.8, 4) is 5.88 Å². The lowest BCUT2D eigenvalue weighted by molar-refractivity contribution is 0.449. The molecular formula is C8H14N2O3S. The van der Waals surface area contributed by atoms with Crippen LogP contribution in [0.15, 0.2) is 0 Å². The molecular weight excluding hydrogens is 204 g/mol. The van der Waals surface area contributed by atoms with Crippen LogP contribution in [-0.2, 0) is 16.3 Å². The van der Waals surface area contributed by atoms with Crippen LogP contribution in [0.3, 0.4) is 0 Å². The van der Waals surface area contributed by atoms with Gasteiger partial charge in [0.1, 0.15) is 11.1 Å². The lowest BCUT2D eigenvalue weighted by Crippen LogP contribution is -2.09. The van der Waals surface area contributed by atoms with E-state index in [9.17, 15) is 13.5 Å². The Hall–Kier alpha value is -1.04. The summed E-state index contributed by atoms with van der Waals surface area (Å²) < 4.78 is 22.4. The molecule has 1 aromatic rings. The first kappa shape index (κ1) is 11.0. The van der Waals surface area contributed by atoms with Crippen LogP contribution in [0.25, 0.3) is 0 Å². The number of H-pyrrole nitrogens is 1. The summed E-state index contributed by atoms with van der Waals surface area (Å²) in [6.07, 6.45) is 1.73. The van der Waals surface area contributed by atoms with Crippen LogP contribution >= 0.6 is 0 Å². The number of aromatic hydroxyl groups is 1. The van der Waals surface area contributed by atoms with Crippen molar-refractivity contribution >= 4 is 9.84 Å². The van der Waals surface area contributed by atoms with Gasteiger partial charge >= 0.3 is 0 Å². The molecule has 0 saturated heterocycles. The van der Waals surface area contributed by atoms with Crippen LogP contribution < -0.4 is 0 Å². The maximum Gasteiger partial charge on any atom is 0.232 e. The minimum Gasteiger partial charge on any atom is -0.492 e. The van der Waals surface area contributed by atoms with Crippen LogP contribution in [0.5, 0.6) is 5.88 Å². The molecule has 0 amide bonds. The van der Waals surface area contributed by atoms with Crippen molar-refractivity contribution in [1.29, 1.82) is 0 Å². The van der Waals surface area contributed by atoms with Crippen molar-refractivity contribution in [2.24, 2.45) is 0 Å². The zero-order valence-corrected chi connectivity index (χ0v) is 9.22. The molecule has 0 aliphatic rings. The second kappa shape index (κ2) is 3.61. The van der Waals surface area contributed by atoms with Gasteiger partial charge in [-0.05, 0) is 13.3 Å². The van der Waals surface area contributed by atoms with Crippen LogP contribution in [0.2, 0.25) is 0 Å². The number of nitrogens with zero attached hydrogens (tertiary/aromatic N) is 1. The Morgan fingerprint density at radius 1 is 1.57 bits per heavy atom. The Morgan fingerprint density at radius 3 is 2.50 bits per heavy atom. The predicted octanol–water partition coefficient (Wildman–Crippen LogP) is 0.783. The summed E-state index contributed by atoms with van der Waals surface area (Å²) >= 11 is 0. The van der Waals surface area contributed by atoms with Gasteiger partial charge in [0.15, 0.2) is 9.84 Å². The van der Waals surface area contributed by atoms with Gasteiger partial charge in [0.25, 0.3) is 0 Å². The molecule has 80 valence electrons. The second-order valence-electron chi connectivity index (χ2n) is 3.25. The Kier molecular flexibility index (Phi) is 2.84. The molecule has 14 heavy (non-hydrogen) atoms. The molecule has 6 heteroatoms. The van der Waals surface area contributed by atoms with Crippen LogP contribution in [-0.4, -0.2) is 29.7 Å². The zero-order chi connectivity index (χ0) is 10.9. The smallest absolute Gasteiger partial charge is 0.232 e. The first-order valence-corrected chi connectivity index (χ1v) is 6.28. The van der Waals surface area contributed by atoms with Crippen molar-refractivity contribution in [3.63, 3.8) is 0 Å². The summed E-state index contributed by atoms with van der Waals surface area (Å²) in [4.78, 5) is 6.57. The third kappa shape index (κ3) is 2.06. The Labute approximate surface area is 83.1 Å². The van der Waals surface area contributed by atoms with E-state index in [0.717, 1.165) is 6.26 Å². The minimum absolute atomic E-state index is 0.113. The highest BCUT2D eigenvalue weighted by molar-refractivity contribution is 7.90. The SMILES string of the molecule is CCc1[nH]c(C(C)S(C)(=O)=O)nc1O. The monoisotopic (exact) mass is 218 g/mol. The number of hydrogen-bond donors (Lipinski definition) is 2.